The Balaban J connectivity index is 2.51. The molecular weight excluding hydrogens is 354 g/mol. The first-order chi connectivity index (χ1) is 16.2. The van der Waals surface area contributed by atoms with E-state index in [2.05, 4.69) is 5.32 Å². The van der Waals surface area contributed by atoms with Crippen molar-refractivity contribution in [1.29, 1.82) is 0 Å². The summed E-state index contributed by atoms with van der Waals surface area (Å²) in [5, 5.41) is 2.39. The van der Waals surface area contributed by atoms with E-state index in [1.807, 2.05) is 6.92 Å². The summed E-state index contributed by atoms with van der Waals surface area (Å²) in [7, 11) is 0.969. The Hall–Kier alpha value is -1.75. The van der Waals surface area contributed by atoms with Crippen molar-refractivity contribution >= 4 is 6.09 Å². The molecule has 158 valence electrons. The van der Waals surface area contributed by atoms with Gasteiger partial charge in [0.2, 0.25) is 0 Å². The standard InChI is InChI=1S/C23H37NO4/c1-21(2,3)28-20(25)24-19(22(4,5)26-7)17-10-12-18(13-11-17)27-16-23(6)14-8-9-15-23/h10-13,19H,8-9,14-16H2,1-7H3,(H,24,25)/i4D3,5D3,16D2. The predicted octanol–water partition coefficient (Wildman–Crippen LogP) is 5.64. The second-order valence-electron chi connectivity index (χ2n) is 8.56. The zero-order chi connectivity index (χ0) is 27.8. The highest BCUT2D eigenvalue weighted by molar-refractivity contribution is 5.68. The van der Waals surface area contributed by atoms with Crippen molar-refractivity contribution < 1.29 is 30.0 Å². The van der Waals surface area contributed by atoms with Crippen LogP contribution >= 0.6 is 0 Å². The van der Waals surface area contributed by atoms with Crippen molar-refractivity contribution in [3.8, 4) is 5.75 Å². The van der Waals surface area contributed by atoms with Crippen LogP contribution in [0.2, 0.25) is 0 Å². The van der Waals surface area contributed by atoms with Gasteiger partial charge in [0.25, 0.3) is 0 Å². The van der Waals surface area contributed by atoms with Crippen molar-refractivity contribution in [2.45, 2.75) is 84.3 Å². The van der Waals surface area contributed by atoms with Crippen LogP contribution in [0.5, 0.6) is 5.75 Å². The third-order valence-corrected chi connectivity index (χ3v) is 4.73. The molecule has 28 heavy (non-hydrogen) atoms. The monoisotopic (exact) mass is 399 g/mol. The van der Waals surface area contributed by atoms with Crippen LogP contribution in [-0.4, -0.2) is 31.0 Å². The van der Waals surface area contributed by atoms with E-state index in [0.29, 0.717) is 12.8 Å². The Morgan fingerprint density at radius 1 is 1.25 bits per heavy atom. The zero-order valence-electron chi connectivity index (χ0n) is 25.3. The highest BCUT2D eigenvalue weighted by Gasteiger charge is 2.34. The van der Waals surface area contributed by atoms with Crippen molar-refractivity contribution in [2.75, 3.05) is 13.7 Å². The van der Waals surface area contributed by atoms with E-state index >= 15 is 0 Å². The summed E-state index contributed by atoms with van der Waals surface area (Å²) in [6.45, 7) is -1.63. The Kier molecular flexibility index (Phi) is 4.20. The number of carbonyl (C=O) groups is 1. The number of alkyl carbamates (subject to hydrolysis) is 1. The molecule has 0 heterocycles. The van der Waals surface area contributed by atoms with E-state index in [9.17, 15) is 4.79 Å². The molecule has 0 saturated heterocycles. The molecule has 1 atom stereocenters. The second kappa shape index (κ2) is 8.73. The summed E-state index contributed by atoms with van der Waals surface area (Å²) < 4.78 is 81.4. The number of amides is 1. The first-order valence-electron chi connectivity index (χ1n) is 13.5. The van der Waals surface area contributed by atoms with Gasteiger partial charge in [-0.15, -0.1) is 0 Å². The molecule has 2 rings (SSSR count). The average Bonchev–Trinajstić information content (AvgIpc) is 3.13. The molecule has 1 aliphatic rings. The Bertz CT molecular complexity index is 887. The van der Waals surface area contributed by atoms with E-state index in [1.165, 1.54) is 24.3 Å². The topological polar surface area (TPSA) is 56.8 Å². The average molecular weight is 400 g/mol. The van der Waals surface area contributed by atoms with E-state index in [4.69, 9.17) is 25.2 Å². The second-order valence-corrected chi connectivity index (χ2v) is 8.56. The third-order valence-electron chi connectivity index (χ3n) is 4.73. The fourth-order valence-corrected chi connectivity index (χ4v) is 3.13. The maximum absolute atomic E-state index is 12.7. The number of nitrogens with one attached hydrogen (secondary N) is 1. The van der Waals surface area contributed by atoms with Gasteiger partial charge in [-0.25, -0.2) is 4.79 Å². The Morgan fingerprint density at radius 3 is 2.36 bits per heavy atom. The first kappa shape index (κ1) is 13.5. The number of ether oxygens (including phenoxy) is 3. The molecule has 0 aliphatic heterocycles. The Labute approximate surface area is 181 Å². The molecule has 0 aromatic heterocycles. The highest BCUT2D eigenvalue weighted by atomic mass is 16.6. The maximum Gasteiger partial charge on any atom is 0.408 e. The van der Waals surface area contributed by atoms with Gasteiger partial charge in [0, 0.05) is 20.7 Å². The lowest BCUT2D eigenvalue weighted by Gasteiger charge is -2.34. The quantitative estimate of drug-likeness (QED) is 0.645. The normalized spacial score (nSPS) is 23.5. The molecule has 1 aromatic rings. The Morgan fingerprint density at radius 2 is 1.86 bits per heavy atom. The maximum atomic E-state index is 12.7. The number of methoxy groups -OCH3 is 1. The highest BCUT2D eigenvalue weighted by Crippen LogP contribution is 2.38. The molecule has 1 fully saturated rings. The molecule has 1 saturated carbocycles. The summed E-state index contributed by atoms with van der Waals surface area (Å²) >= 11 is 0. The van der Waals surface area contributed by atoms with Crippen LogP contribution in [0.15, 0.2) is 24.3 Å². The molecule has 1 aromatic carbocycles. The molecule has 0 spiro atoms. The minimum absolute atomic E-state index is 0.106. The fourth-order valence-electron chi connectivity index (χ4n) is 3.13. The van der Waals surface area contributed by atoms with Gasteiger partial charge in [0.15, 0.2) is 0 Å². The van der Waals surface area contributed by atoms with Gasteiger partial charge in [-0.3, -0.25) is 0 Å². The van der Waals surface area contributed by atoms with Crippen LogP contribution < -0.4 is 10.1 Å². The molecule has 1 amide bonds. The van der Waals surface area contributed by atoms with E-state index in [1.54, 1.807) is 20.8 Å². The SMILES string of the molecule is [2H]C([2H])([2H])C(OC)(C(NC(=O)OC(C)(C)C)c1ccc(OC([2H])([2H])C2(C)CCCC2)cc1)C([2H])([2H])[2H]. The molecule has 1 aliphatic carbocycles. The summed E-state index contributed by atoms with van der Waals surface area (Å²) in [6, 6.07) is 3.92. The molecular formula is C23H37NO4. The largest absolute Gasteiger partial charge is 0.493 e. The smallest absolute Gasteiger partial charge is 0.408 e. The molecule has 0 radical (unpaired) electrons. The van der Waals surface area contributed by atoms with Gasteiger partial charge in [0.05, 0.1) is 20.9 Å². The van der Waals surface area contributed by atoms with Crippen LogP contribution in [0.1, 0.15) is 89.7 Å². The first-order valence-corrected chi connectivity index (χ1v) is 9.53. The van der Waals surface area contributed by atoms with Crippen LogP contribution in [0.4, 0.5) is 4.79 Å². The van der Waals surface area contributed by atoms with Gasteiger partial charge in [-0.05, 0) is 65.0 Å². The number of carbonyl (C=O) groups excluding carboxylic acids is 1. The van der Waals surface area contributed by atoms with Crippen molar-refractivity contribution in [3.63, 3.8) is 0 Å². The minimum atomic E-state index is -3.18. The number of rotatable bonds is 7. The summed E-state index contributed by atoms with van der Waals surface area (Å²) in [5.74, 6) is 0.179. The predicted molar refractivity (Wildman–Crippen MR) is 112 cm³/mol. The van der Waals surface area contributed by atoms with Crippen molar-refractivity contribution in [3.05, 3.63) is 29.8 Å². The van der Waals surface area contributed by atoms with E-state index < -0.39 is 49.0 Å². The molecule has 0 bridgehead atoms. The summed E-state index contributed by atoms with van der Waals surface area (Å²) in [4.78, 5) is 12.7. The minimum Gasteiger partial charge on any atom is -0.493 e. The summed E-state index contributed by atoms with van der Waals surface area (Å²) in [6.07, 6.45) is 2.19. The van der Waals surface area contributed by atoms with Crippen LogP contribution in [-0.2, 0) is 9.47 Å². The molecule has 1 N–H and O–H groups in total. The lowest BCUT2D eigenvalue weighted by atomic mass is 9.90. The van der Waals surface area contributed by atoms with Gasteiger partial charge in [-0.2, -0.15) is 0 Å². The summed E-state index contributed by atoms with van der Waals surface area (Å²) in [5.41, 5.74) is -4.29. The molecule has 5 heteroatoms. The number of hydrogen-bond acceptors (Lipinski definition) is 4. The van der Waals surface area contributed by atoms with Crippen molar-refractivity contribution in [2.24, 2.45) is 5.41 Å². The van der Waals surface area contributed by atoms with Gasteiger partial charge < -0.3 is 19.5 Å². The van der Waals surface area contributed by atoms with Crippen LogP contribution in [0.25, 0.3) is 0 Å². The lowest BCUT2D eigenvalue weighted by Crippen LogP contribution is -2.45. The van der Waals surface area contributed by atoms with Crippen LogP contribution in [0.3, 0.4) is 0 Å². The van der Waals surface area contributed by atoms with Gasteiger partial charge in [0.1, 0.15) is 11.4 Å². The van der Waals surface area contributed by atoms with Gasteiger partial charge in [-0.1, -0.05) is 31.9 Å². The molecule has 5 nitrogen and oxygen atoms in total. The zero-order valence-corrected chi connectivity index (χ0v) is 17.3. The molecule has 1 unspecified atom stereocenters. The van der Waals surface area contributed by atoms with Crippen LogP contribution in [0, 0.1) is 5.41 Å². The van der Waals surface area contributed by atoms with E-state index in [0.717, 1.165) is 20.0 Å². The van der Waals surface area contributed by atoms with Gasteiger partial charge >= 0.3 is 6.09 Å². The fraction of sp³-hybridized carbons (Fsp3) is 0.696. The number of hydrogen-bond donors (Lipinski definition) is 1. The van der Waals surface area contributed by atoms with E-state index in [-0.39, 0.29) is 11.3 Å². The van der Waals surface area contributed by atoms with Crippen molar-refractivity contribution in [1.82, 2.24) is 5.32 Å². The lowest BCUT2D eigenvalue weighted by molar-refractivity contribution is -0.0171. The third kappa shape index (κ3) is 6.40. The number of benzene rings is 1.